The molecule has 110 valence electrons. The van der Waals surface area contributed by atoms with Crippen molar-refractivity contribution in [1.29, 1.82) is 0 Å². The Labute approximate surface area is 124 Å². The van der Waals surface area contributed by atoms with Crippen LogP contribution in [0.4, 0.5) is 4.39 Å². The van der Waals surface area contributed by atoms with Gasteiger partial charge in [-0.1, -0.05) is 12.1 Å². The first kappa shape index (κ1) is 14.1. The lowest BCUT2D eigenvalue weighted by Gasteiger charge is -2.22. The van der Waals surface area contributed by atoms with Crippen molar-refractivity contribution in [3.8, 4) is 5.75 Å². The number of halogens is 1. The van der Waals surface area contributed by atoms with Gasteiger partial charge in [0.2, 0.25) is 0 Å². The molecule has 21 heavy (non-hydrogen) atoms. The largest absolute Gasteiger partial charge is 0.489 e. The first-order valence-corrected chi connectivity index (χ1v) is 7.40. The highest BCUT2D eigenvalue weighted by molar-refractivity contribution is 5.39. The van der Waals surface area contributed by atoms with Gasteiger partial charge in [-0.3, -0.25) is 0 Å². The van der Waals surface area contributed by atoms with Crippen molar-refractivity contribution in [3.05, 3.63) is 64.5 Å². The Bertz CT molecular complexity index is 654. The average Bonchev–Trinajstić information content (AvgIpc) is 2.48. The van der Waals surface area contributed by atoms with E-state index >= 15 is 0 Å². The van der Waals surface area contributed by atoms with Crippen molar-refractivity contribution in [2.24, 2.45) is 5.73 Å². The van der Waals surface area contributed by atoms with Crippen molar-refractivity contribution in [2.75, 3.05) is 0 Å². The van der Waals surface area contributed by atoms with Gasteiger partial charge in [0, 0.05) is 6.04 Å². The van der Waals surface area contributed by atoms with Gasteiger partial charge in [-0.05, 0) is 72.7 Å². The summed E-state index contributed by atoms with van der Waals surface area (Å²) in [6.07, 6.45) is 3.23. The Kier molecular flexibility index (Phi) is 3.93. The summed E-state index contributed by atoms with van der Waals surface area (Å²) in [5.74, 6) is 0.599. The Hall–Kier alpha value is -1.87. The minimum atomic E-state index is -0.226. The summed E-state index contributed by atoms with van der Waals surface area (Å²) in [4.78, 5) is 0. The van der Waals surface area contributed by atoms with Crippen molar-refractivity contribution in [3.63, 3.8) is 0 Å². The van der Waals surface area contributed by atoms with Crippen molar-refractivity contribution >= 4 is 0 Å². The third-order valence-corrected chi connectivity index (χ3v) is 4.18. The van der Waals surface area contributed by atoms with E-state index < -0.39 is 0 Å². The van der Waals surface area contributed by atoms with Crippen LogP contribution >= 0.6 is 0 Å². The van der Waals surface area contributed by atoms with Gasteiger partial charge in [-0.25, -0.2) is 4.39 Å². The second-order valence-corrected chi connectivity index (χ2v) is 5.72. The molecule has 1 unspecified atom stereocenters. The summed E-state index contributed by atoms with van der Waals surface area (Å²) in [5.41, 5.74) is 10.5. The fraction of sp³-hybridized carbons (Fsp3) is 0.333. The molecule has 3 rings (SSSR count). The Morgan fingerprint density at radius 3 is 2.95 bits per heavy atom. The second kappa shape index (κ2) is 5.86. The number of aryl methyl sites for hydroxylation is 2. The number of benzene rings is 2. The van der Waals surface area contributed by atoms with Gasteiger partial charge in [0.25, 0.3) is 0 Å². The van der Waals surface area contributed by atoms with E-state index in [1.165, 1.54) is 23.3 Å². The van der Waals surface area contributed by atoms with Gasteiger partial charge >= 0.3 is 0 Å². The minimum absolute atomic E-state index is 0.147. The molecule has 0 aliphatic heterocycles. The molecule has 0 bridgehead atoms. The third kappa shape index (κ3) is 3.08. The average molecular weight is 285 g/mol. The van der Waals surface area contributed by atoms with Crippen LogP contribution < -0.4 is 10.5 Å². The zero-order valence-electron chi connectivity index (χ0n) is 12.2. The summed E-state index contributed by atoms with van der Waals surface area (Å²) in [6, 6.07) is 11.0. The normalized spacial score (nSPS) is 17.4. The number of rotatable bonds is 3. The molecule has 2 nitrogen and oxygen atoms in total. The lowest BCUT2D eigenvalue weighted by molar-refractivity contribution is 0.304. The molecule has 0 aromatic heterocycles. The van der Waals surface area contributed by atoms with Crippen LogP contribution in [0.25, 0.3) is 0 Å². The molecule has 1 aliphatic rings. The fourth-order valence-electron chi connectivity index (χ4n) is 2.87. The van der Waals surface area contributed by atoms with E-state index in [1.807, 2.05) is 13.0 Å². The second-order valence-electron chi connectivity index (χ2n) is 5.72. The molecule has 0 amide bonds. The fourth-order valence-corrected chi connectivity index (χ4v) is 2.87. The third-order valence-electron chi connectivity index (χ3n) is 4.18. The minimum Gasteiger partial charge on any atom is -0.489 e. The molecule has 0 fully saturated rings. The maximum absolute atomic E-state index is 13.3. The van der Waals surface area contributed by atoms with E-state index in [9.17, 15) is 4.39 Å². The number of nitrogens with two attached hydrogens (primary N) is 1. The highest BCUT2D eigenvalue weighted by atomic mass is 19.1. The molecule has 0 saturated carbocycles. The molecule has 0 spiro atoms. The summed E-state index contributed by atoms with van der Waals surface area (Å²) in [5, 5.41) is 0. The topological polar surface area (TPSA) is 35.2 Å². The number of ether oxygens (including phenoxy) is 1. The molecule has 1 atom stereocenters. The highest BCUT2D eigenvalue weighted by Gasteiger charge is 2.17. The van der Waals surface area contributed by atoms with Crippen molar-refractivity contribution in [1.82, 2.24) is 0 Å². The van der Waals surface area contributed by atoms with E-state index in [-0.39, 0.29) is 11.9 Å². The monoisotopic (exact) mass is 285 g/mol. The Morgan fingerprint density at radius 1 is 1.24 bits per heavy atom. The van der Waals surface area contributed by atoms with Crippen LogP contribution in [-0.2, 0) is 13.0 Å². The molecule has 2 aromatic carbocycles. The van der Waals surface area contributed by atoms with E-state index in [0.717, 1.165) is 36.1 Å². The van der Waals surface area contributed by atoms with E-state index in [1.54, 1.807) is 6.07 Å². The molecule has 1 aliphatic carbocycles. The van der Waals surface area contributed by atoms with Crippen LogP contribution in [0.3, 0.4) is 0 Å². The molecule has 2 N–H and O–H groups in total. The van der Waals surface area contributed by atoms with E-state index in [0.29, 0.717) is 6.61 Å². The van der Waals surface area contributed by atoms with Gasteiger partial charge in [-0.2, -0.15) is 0 Å². The highest BCUT2D eigenvalue weighted by Crippen LogP contribution is 2.30. The molecule has 0 heterocycles. The van der Waals surface area contributed by atoms with Crippen LogP contribution in [0.15, 0.2) is 36.4 Å². The molecular weight excluding hydrogens is 265 g/mol. The summed E-state index contributed by atoms with van der Waals surface area (Å²) in [7, 11) is 0. The van der Waals surface area contributed by atoms with Gasteiger partial charge in [0.1, 0.15) is 18.2 Å². The van der Waals surface area contributed by atoms with Crippen molar-refractivity contribution < 1.29 is 9.13 Å². The summed E-state index contributed by atoms with van der Waals surface area (Å²) >= 11 is 0. The van der Waals surface area contributed by atoms with E-state index in [2.05, 4.69) is 12.1 Å². The molecule has 2 aromatic rings. The van der Waals surface area contributed by atoms with Crippen LogP contribution in [0.1, 0.15) is 41.1 Å². The zero-order chi connectivity index (χ0) is 14.8. The number of hydrogen-bond acceptors (Lipinski definition) is 2. The number of fused-ring (bicyclic) bond motifs is 1. The standard InChI is InChI=1S/C18H20FNO/c1-12-5-6-15(19)9-14(12)11-21-16-7-8-17-13(10-16)3-2-4-18(17)20/h5-10,18H,2-4,11,20H2,1H3. The van der Waals surface area contributed by atoms with Crippen molar-refractivity contribution in [2.45, 2.75) is 38.8 Å². The smallest absolute Gasteiger partial charge is 0.123 e. The Balaban J connectivity index is 1.75. The predicted molar refractivity (Wildman–Crippen MR) is 81.8 cm³/mol. The van der Waals surface area contributed by atoms with Gasteiger partial charge in [-0.15, -0.1) is 0 Å². The zero-order valence-corrected chi connectivity index (χ0v) is 12.2. The molecular formula is C18H20FNO. The van der Waals surface area contributed by atoms with Gasteiger partial charge in [0.15, 0.2) is 0 Å². The van der Waals surface area contributed by atoms with Gasteiger partial charge in [0.05, 0.1) is 0 Å². The van der Waals surface area contributed by atoms with Gasteiger partial charge < -0.3 is 10.5 Å². The predicted octanol–water partition coefficient (Wildman–Crippen LogP) is 4.05. The van der Waals surface area contributed by atoms with Crippen LogP contribution in [0.5, 0.6) is 5.75 Å². The number of hydrogen-bond donors (Lipinski definition) is 1. The summed E-state index contributed by atoms with van der Waals surface area (Å²) < 4.78 is 19.1. The van der Waals surface area contributed by atoms with E-state index in [4.69, 9.17) is 10.5 Å². The van der Waals surface area contributed by atoms with Crippen LogP contribution in [-0.4, -0.2) is 0 Å². The summed E-state index contributed by atoms with van der Waals surface area (Å²) in [6.45, 7) is 2.35. The first-order valence-electron chi connectivity index (χ1n) is 7.40. The van der Waals surface area contributed by atoms with Crippen LogP contribution in [0.2, 0.25) is 0 Å². The van der Waals surface area contributed by atoms with Crippen LogP contribution in [0, 0.1) is 12.7 Å². The SMILES string of the molecule is Cc1ccc(F)cc1COc1ccc2c(c1)CCCC2N. The maximum Gasteiger partial charge on any atom is 0.123 e. The first-order chi connectivity index (χ1) is 10.1. The quantitative estimate of drug-likeness (QED) is 0.923. The Morgan fingerprint density at radius 2 is 2.10 bits per heavy atom. The molecule has 0 radical (unpaired) electrons. The molecule has 3 heteroatoms. The maximum atomic E-state index is 13.3. The lowest BCUT2D eigenvalue weighted by atomic mass is 9.88. The lowest BCUT2D eigenvalue weighted by Crippen LogP contribution is -2.17. The molecule has 0 saturated heterocycles.